The van der Waals surface area contributed by atoms with E-state index in [1.165, 1.54) is 12.1 Å². The van der Waals surface area contributed by atoms with Gasteiger partial charge in [-0.15, -0.1) is 5.10 Å². The number of ether oxygens (including phenoxy) is 1. The van der Waals surface area contributed by atoms with Crippen LogP contribution in [0.15, 0.2) is 18.2 Å². The second kappa shape index (κ2) is 6.62. The highest BCUT2D eigenvalue weighted by atomic mass is 19.1. The molecule has 0 aliphatic carbocycles. The fraction of sp³-hybridized carbons (Fsp3) is 0.500. The Morgan fingerprint density at radius 2 is 2.14 bits per heavy atom. The van der Waals surface area contributed by atoms with Gasteiger partial charge in [0.1, 0.15) is 5.82 Å². The SMILES string of the molecule is CCOCC(C(C)C)n1nnnc1-c1ccc(F)cc1N. The van der Waals surface area contributed by atoms with Gasteiger partial charge in [-0.2, -0.15) is 0 Å². The summed E-state index contributed by atoms with van der Waals surface area (Å²) in [5.41, 5.74) is 6.80. The molecule has 1 atom stereocenters. The Labute approximate surface area is 123 Å². The third-order valence-electron chi connectivity index (χ3n) is 3.32. The maximum atomic E-state index is 13.2. The zero-order chi connectivity index (χ0) is 15.4. The van der Waals surface area contributed by atoms with Gasteiger partial charge in [0.2, 0.25) is 0 Å². The van der Waals surface area contributed by atoms with Crippen molar-refractivity contribution in [3.8, 4) is 11.4 Å². The fourth-order valence-electron chi connectivity index (χ4n) is 2.12. The summed E-state index contributed by atoms with van der Waals surface area (Å²) in [4.78, 5) is 0. The molecular weight excluding hydrogens is 273 g/mol. The number of rotatable bonds is 6. The number of tetrazole rings is 1. The zero-order valence-corrected chi connectivity index (χ0v) is 12.5. The van der Waals surface area contributed by atoms with Crippen LogP contribution in [0.3, 0.4) is 0 Å². The fourth-order valence-corrected chi connectivity index (χ4v) is 2.12. The minimum Gasteiger partial charge on any atom is -0.398 e. The Hall–Kier alpha value is -2.02. The molecule has 7 heteroatoms. The van der Waals surface area contributed by atoms with Crippen LogP contribution in [0.5, 0.6) is 0 Å². The quantitative estimate of drug-likeness (QED) is 0.827. The molecule has 0 saturated heterocycles. The maximum Gasteiger partial charge on any atom is 0.184 e. The second-order valence-electron chi connectivity index (χ2n) is 5.15. The van der Waals surface area contributed by atoms with Gasteiger partial charge in [-0.05, 0) is 41.5 Å². The molecule has 0 bridgehead atoms. The van der Waals surface area contributed by atoms with Crippen LogP contribution in [0.1, 0.15) is 26.8 Å². The van der Waals surface area contributed by atoms with E-state index in [1.54, 1.807) is 10.7 Å². The van der Waals surface area contributed by atoms with Gasteiger partial charge in [0, 0.05) is 17.9 Å². The van der Waals surface area contributed by atoms with Gasteiger partial charge in [0.15, 0.2) is 5.82 Å². The zero-order valence-electron chi connectivity index (χ0n) is 12.5. The van der Waals surface area contributed by atoms with Crippen molar-refractivity contribution in [3.05, 3.63) is 24.0 Å². The van der Waals surface area contributed by atoms with E-state index in [9.17, 15) is 4.39 Å². The number of nitrogens with two attached hydrogens (primary N) is 1. The number of aromatic nitrogens is 4. The van der Waals surface area contributed by atoms with Crippen molar-refractivity contribution in [2.24, 2.45) is 5.92 Å². The molecule has 1 aromatic heterocycles. The summed E-state index contributed by atoms with van der Waals surface area (Å²) in [6.45, 7) is 7.22. The molecule has 2 aromatic rings. The van der Waals surface area contributed by atoms with Crippen LogP contribution in [0, 0.1) is 11.7 Å². The van der Waals surface area contributed by atoms with Crippen molar-refractivity contribution in [1.29, 1.82) is 0 Å². The van der Waals surface area contributed by atoms with E-state index in [-0.39, 0.29) is 17.8 Å². The van der Waals surface area contributed by atoms with Crippen molar-refractivity contribution in [1.82, 2.24) is 20.2 Å². The molecule has 1 heterocycles. The number of hydrogen-bond acceptors (Lipinski definition) is 5. The Balaban J connectivity index is 2.40. The van der Waals surface area contributed by atoms with Crippen LogP contribution < -0.4 is 5.73 Å². The van der Waals surface area contributed by atoms with Gasteiger partial charge >= 0.3 is 0 Å². The van der Waals surface area contributed by atoms with Crippen LogP contribution in [-0.2, 0) is 4.74 Å². The lowest BCUT2D eigenvalue weighted by Gasteiger charge is -2.22. The molecule has 0 spiro atoms. The summed E-state index contributed by atoms with van der Waals surface area (Å²) < 4.78 is 20.4. The topological polar surface area (TPSA) is 78.8 Å². The molecule has 2 rings (SSSR count). The molecule has 2 N–H and O–H groups in total. The van der Waals surface area contributed by atoms with E-state index in [0.717, 1.165) is 0 Å². The predicted octanol–water partition coefficient (Wildman–Crippen LogP) is 2.29. The lowest BCUT2D eigenvalue weighted by atomic mass is 10.0. The van der Waals surface area contributed by atoms with Gasteiger partial charge in [-0.25, -0.2) is 9.07 Å². The Bertz CT molecular complexity index is 599. The van der Waals surface area contributed by atoms with E-state index in [0.29, 0.717) is 30.3 Å². The molecule has 6 nitrogen and oxygen atoms in total. The predicted molar refractivity (Wildman–Crippen MR) is 78.0 cm³/mol. The standard InChI is InChI=1S/C14H20FN5O/c1-4-21-8-13(9(2)3)20-14(17-18-19-20)11-6-5-10(15)7-12(11)16/h5-7,9,13H,4,8,16H2,1-3H3. The maximum absolute atomic E-state index is 13.2. The largest absolute Gasteiger partial charge is 0.398 e. The van der Waals surface area contributed by atoms with E-state index < -0.39 is 0 Å². The highest BCUT2D eigenvalue weighted by Gasteiger charge is 2.23. The van der Waals surface area contributed by atoms with E-state index >= 15 is 0 Å². The van der Waals surface area contributed by atoms with Gasteiger partial charge < -0.3 is 10.5 Å². The molecule has 0 aliphatic rings. The molecule has 0 saturated carbocycles. The van der Waals surface area contributed by atoms with Crippen LogP contribution in [0.2, 0.25) is 0 Å². The van der Waals surface area contributed by atoms with Gasteiger partial charge in [-0.1, -0.05) is 13.8 Å². The summed E-state index contributed by atoms with van der Waals surface area (Å²) in [6.07, 6.45) is 0. The van der Waals surface area contributed by atoms with Crippen LogP contribution >= 0.6 is 0 Å². The van der Waals surface area contributed by atoms with Gasteiger partial charge in [-0.3, -0.25) is 0 Å². The van der Waals surface area contributed by atoms with Crippen molar-refractivity contribution >= 4 is 5.69 Å². The highest BCUT2D eigenvalue weighted by Crippen LogP contribution is 2.28. The number of hydrogen-bond donors (Lipinski definition) is 1. The number of benzene rings is 1. The number of halogens is 1. The van der Waals surface area contributed by atoms with E-state index in [1.807, 2.05) is 6.92 Å². The van der Waals surface area contributed by atoms with E-state index in [2.05, 4.69) is 29.4 Å². The summed E-state index contributed by atoms with van der Waals surface area (Å²) in [6, 6.07) is 4.18. The minimum absolute atomic E-state index is 0.0144. The first-order valence-electron chi connectivity index (χ1n) is 6.95. The molecule has 0 radical (unpaired) electrons. The first-order valence-corrected chi connectivity index (χ1v) is 6.95. The Morgan fingerprint density at radius 3 is 2.76 bits per heavy atom. The van der Waals surface area contributed by atoms with Crippen molar-refractivity contribution in [3.63, 3.8) is 0 Å². The lowest BCUT2D eigenvalue weighted by molar-refractivity contribution is 0.0913. The molecular formula is C14H20FN5O. The smallest absolute Gasteiger partial charge is 0.184 e. The number of anilines is 1. The normalized spacial score (nSPS) is 12.8. The van der Waals surface area contributed by atoms with Crippen LogP contribution in [0.4, 0.5) is 10.1 Å². The first-order chi connectivity index (χ1) is 10.0. The average Bonchev–Trinajstić information content (AvgIpc) is 2.88. The average molecular weight is 293 g/mol. The molecule has 0 fully saturated rings. The monoisotopic (exact) mass is 293 g/mol. The number of nitrogen functional groups attached to an aromatic ring is 1. The van der Waals surface area contributed by atoms with Crippen LogP contribution in [0.25, 0.3) is 11.4 Å². The van der Waals surface area contributed by atoms with Gasteiger partial charge in [0.05, 0.1) is 12.6 Å². The van der Waals surface area contributed by atoms with Crippen molar-refractivity contribution < 1.29 is 9.13 Å². The van der Waals surface area contributed by atoms with Crippen LogP contribution in [-0.4, -0.2) is 33.4 Å². The molecule has 114 valence electrons. The Kier molecular flexibility index (Phi) is 4.85. The van der Waals surface area contributed by atoms with E-state index in [4.69, 9.17) is 10.5 Å². The highest BCUT2D eigenvalue weighted by molar-refractivity contribution is 5.71. The minimum atomic E-state index is -0.384. The molecule has 0 amide bonds. The summed E-state index contributed by atoms with van der Waals surface area (Å²) in [5.74, 6) is 0.413. The molecule has 1 aromatic carbocycles. The summed E-state index contributed by atoms with van der Waals surface area (Å²) in [5, 5.41) is 11.8. The number of nitrogens with zero attached hydrogens (tertiary/aromatic N) is 4. The van der Waals surface area contributed by atoms with Crippen molar-refractivity contribution in [2.75, 3.05) is 18.9 Å². The lowest BCUT2D eigenvalue weighted by Crippen LogP contribution is -2.23. The third kappa shape index (κ3) is 3.36. The molecule has 1 unspecified atom stereocenters. The summed E-state index contributed by atoms with van der Waals surface area (Å²) in [7, 11) is 0. The Morgan fingerprint density at radius 1 is 1.38 bits per heavy atom. The second-order valence-corrected chi connectivity index (χ2v) is 5.15. The molecule has 21 heavy (non-hydrogen) atoms. The summed E-state index contributed by atoms with van der Waals surface area (Å²) >= 11 is 0. The van der Waals surface area contributed by atoms with Crippen molar-refractivity contribution in [2.45, 2.75) is 26.8 Å². The van der Waals surface area contributed by atoms with Gasteiger partial charge in [0.25, 0.3) is 0 Å². The molecule has 0 aliphatic heterocycles. The third-order valence-corrected chi connectivity index (χ3v) is 3.32. The first kappa shape index (κ1) is 15.4.